The highest BCUT2D eigenvalue weighted by molar-refractivity contribution is 6.22. The van der Waals surface area contributed by atoms with Crippen molar-refractivity contribution in [3.8, 4) is 0 Å². The molecular weight excluding hydrogens is 382 g/mol. The van der Waals surface area contributed by atoms with Crippen LogP contribution in [0.25, 0.3) is 0 Å². The van der Waals surface area contributed by atoms with E-state index in [-0.39, 0.29) is 25.9 Å². The first kappa shape index (κ1) is 19.4. The fourth-order valence-electron chi connectivity index (χ4n) is 3.36. The number of alkyl halides is 6. The van der Waals surface area contributed by atoms with Crippen molar-refractivity contribution in [1.82, 2.24) is 15.2 Å². The summed E-state index contributed by atoms with van der Waals surface area (Å²) in [6, 6.07) is -0.213. The molecule has 0 bridgehead atoms. The van der Waals surface area contributed by atoms with Crippen molar-refractivity contribution in [2.24, 2.45) is 0 Å². The number of halogens is 6. The van der Waals surface area contributed by atoms with Crippen LogP contribution in [0, 0.1) is 0 Å². The molecule has 0 aromatic carbocycles. The van der Waals surface area contributed by atoms with Crippen LogP contribution in [0.15, 0.2) is 18.3 Å². The van der Waals surface area contributed by atoms with Gasteiger partial charge in [-0.15, -0.1) is 0 Å². The third-order valence-electron chi connectivity index (χ3n) is 4.61. The minimum atomic E-state index is -4.77. The lowest BCUT2D eigenvalue weighted by Crippen LogP contribution is -2.57. The van der Waals surface area contributed by atoms with Gasteiger partial charge in [0, 0.05) is 6.20 Å². The van der Waals surface area contributed by atoms with E-state index < -0.39 is 47.8 Å². The third kappa shape index (κ3) is 3.45. The van der Waals surface area contributed by atoms with Crippen LogP contribution in [0.3, 0.4) is 0 Å². The normalized spacial score (nSPS) is 20.7. The van der Waals surface area contributed by atoms with Crippen LogP contribution in [0.4, 0.5) is 37.0 Å². The maximum absolute atomic E-state index is 13.0. The summed E-state index contributed by atoms with van der Waals surface area (Å²) in [4.78, 5) is 29.8. The van der Waals surface area contributed by atoms with Crippen LogP contribution < -0.4 is 10.2 Å². The predicted molar refractivity (Wildman–Crippen MR) is 79.7 cm³/mol. The van der Waals surface area contributed by atoms with Gasteiger partial charge in [-0.3, -0.25) is 9.69 Å². The van der Waals surface area contributed by atoms with E-state index in [4.69, 9.17) is 0 Å². The molecular formula is C15H14F6N4O2. The van der Waals surface area contributed by atoms with Crippen LogP contribution in [-0.4, -0.2) is 53.2 Å². The molecule has 2 saturated heterocycles. The number of rotatable bonds is 2. The smallest absolute Gasteiger partial charge is 0.317 e. The Morgan fingerprint density at radius 1 is 1.11 bits per heavy atom. The summed E-state index contributed by atoms with van der Waals surface area (Å²) in [6.07, 6.45) is -8.95. The Bertz CT molecular complexity index is 757. The van der Waals surface area contributed by atoms with Gasteiger partial charge in [-0.2, -0.15) is 26.3 Å². The SMILES string of the molecule is O=C1N(c2cc(C(F)(F)F)ccn2)C(=O)C2(CCNCC2)N1CC(F)(F)F. The molecule has 27 heavy (non-hydrogen) atoms. The zero-order valence-corrected chi connectivity index (χ0v) is 13.7. The van der Waals surface area contributed by atoms with Gasteiger partial charge < -0.3 is 5.32 Å². The number of carbonyl (C=O) groups excluding carboxylic acids is 2. The molecule has 0 atom stereocenters. The highest BCUT2D eigenvalue weighted by Crippen LogP contribution is 2.40. The zero-order valence-electron chi connectivity index (χ0n) is 13.7. The number of aromatic nitrogens is 1. The van der Waals surface area contributed by atoms with Gasteiger partial charge in [-0.25, -0.2) is 14.7 Å². The van der Waals surface area contributed by atoms with Crippen molar-refractivity contribution >= 4 is 17.8 Å². The summed E-state index contributed by atoms with van der Waals surface area (Å²) >= 11 is 0. The number of carbonyl (C=O) groups is 2. The monoisotopic (exact) mass is 396 g/mol. The molecule has 6 nitrogen and oxygen atoms in total. The topological polar surface area (TPSA) is 65.5 Å². The number of hydrogen-bond acceptors (Lipinski definition) is 4. The quantitative estimate of drug-likeness (QED) is 0.617. The van der Waals surface area contributed by atoms with Crippen LogP contribution >= 0.6 is 0 Å². The van der Waals surface area contributed by atoms with E-state index >= 15 is 0 Å². The molecule has 0 aliphatic carbocycles. The second-order valence-electron chi connectivity index (χ2n) is 6.31. The Labute approximate surface area is 149 Å². The van der Waals surface area contributed by atoms with Crippen molar-refractivity contribution < 1.29 is 35.9 Å². The molecule has 1 aromatic heterocycles. The van der Waals surface area contributed by atoms with E-state index in [9.17, 15) is 35.9 Å². The van der Waals surface area contributed by atoms with Gasteiger partial charge in [-0.05, 0) is 38.1 Å². The van der Waals surface area contributed by atoms with Crippen LogP contribution in [-0.2, 0) is 11.0 Å². The number of pyridine rings is 1. The first-order valence-corrected chi connectivity index (χ1v) is 7.93. The highest BCUT2D eigenvalue weighted by Gasteiger charge is 2.60. The summed E-state index contributed by atoms with van der Waals surface area (Å²) in [5.41, 5.74) is -2.92. The molecule has 0 saturated carbocycles. The Kier molecular flexibility index (Phi) is 4.57. The third-order valence-corrected chi connectivity index (χ3v) is 4.61. The fraction of sp³-hybridized carbons (Fsp3) is 0.533. The van der Waals surface area contributed by atoms with Crippen LogP contribution in [0.5, 0.6) is 0 Å². The van der Waals surface area contributed by atoms with Gasteiger partial charge in [0.05, 0.1) is 5.56 Å². The molecule has 3 rings (SSSR count). The van der Waals surface area contributed by atoms with E-state index in [1.807, 2.05) is 0 Å². The second kappa shape index (κ2) is 6.36. The van der Waals surface area contributed by atoms with Crippen molar-refractivity contribution in [1.29, 1.82) is 0 Å². The Morgan fingerprint density at radius 3 is 2.30 bits per heavy atom. The highest BCUT2D eigenvalue weighted by atomic mass is 19.4. The number of nitrogens with one attached hydrogen (secondary N) is 1. The summed E-state index contributed by atoms with van der Waals surface area (Å²) in [7, 11) is 0. The molecule has 2 aliphatic heterocycles. The second-order valence-corrected chi connectivity index (χ2v) is 6.31. The largest absolute Gasteiger partial charge is 0.416 e. The minimum Gasteiger partial charge on any atom is -0.317 e. The summed E-state index contributed by atoms with van der Waals surface area (Å²) in [6.45, 7) is -1.29. The lowest BCUT2D eigenvalue weighted by molar-refractivity contribution is -0.153. The van der Waals surface area contributed by atoms with E-state index in [0.717, 1.165) is 6.20 Å². The molecule has 3 heterocycles. The lowest BCUT2D eigenvalue weighted by atomic mass is 9.86. The molecule has 1 aromatic rings. The molecule has 3 amide bonds. The first-order chi connectivity index (χ1) is 12.5. The lowest BCUT2D eigenvalue weighted by Gasteiger charge is -2.38. The number of amides is 3. The van der Waals surface area contributed by atoms with Gasteiger partial charge in [-0.1, -0.05) is 0 Å². The molecule has 0 radical (unpaired) electrons. The van der Waals surface area contributed by atoms with Crippen molar-refractivity contribution in [2.45, 2.75) is 30.7 Å². The van der Waals surface area contributed by atoms with Gasteiger partial charge in [0.25, 0.3) is 5.91 Å². The number of piperidine rings is 1. The average Bonchev–Trinajstić information content (AvgIpc) is 2.76. The molecule has 1 N–H and O–H groups in total. The summed E-state index contributed by atoms with van der Waals surface area (Å²) in [5.74, 6) is -1.65. The number of imide groups is 1. The minimum absolute atomic E-state index is 0.0802. The van der Waals surface area contributed by atoms with Gasteiger partial charge in [0.15, 0.2) is 0 Å². The molecule has 12 heteroatoms. The maximum atomic E-state index is 13.0. The number of hydrogen-bond donors (Lipinski definition) is 1. The molecule has 0 unspecified atom stereocenters. The standard InChI is InChI=1S/C15H14F6N4O2/c16-14(17,18)8-24-12(27)25(11(26)13(24)2-5-22-6-3-13)10-7-9(1-4-23-10)15(19,20)21/h1,4,7,22H,2-3,5-6,8H2. The molecule has 1 spiro atoms. The van der Waals surface area contributed by atoms with E-state index in [1.54, 1.807) is 0 Å². The van der Waals surface area contributed by atoms with Crippen LogP contribution in [0.1, 0.15) is 18.4 Å². The van der Waals surface area contributed by atoms with E-state index in [1.165, 1.54) is 0 Å². The molecule has 2 aliphatic rings. The van der Waals surface area contributed by atoms with Crippen molar-refractivity contribution in [3.63, 3.8) is 0 Å². The van der Waals surface area contributed by atoms with Gasteiger partial charge in [0.1, 0.15) is 17.9 Å². The van der Waals surface area contributed by atoms with Gasteiger partial charge >= 0.3 is 18.4 Å². The van der Waals surface area contributed by atoms with Crippen molar-refractivity contribution in [2.75, 3.05) is 24.5 Å². The summed E-state index contributed by atoms with van der Waals surface area (Å²) in [5, 5.41) is 2.88. The zero-order chi connectivity index (χ0) is 20.0. The maximum Gasteiger partial charge on any atom is 0.416 e. The number of nitrogens with zero attached hydrogens (tertiary/aromatic N) is 3. The first-order valence-electron chi connectivity index (χ1n) is 7.93. The Balaban J connectivity index is 2.05. The predicted octanol–water partition coefficient (Wildman–Crippen LogP) is 2.55. The number of anilines is 1. The Morgan fingerprint density at radius 2 is 1.74 bits per heavy atom. The Hall–Kier alpha value is -2.37. The number of urea groups is 1. The average molecular weight is 396 g/mol. The van der Waals surface area contributed by atoms with Gasteiger partial charge in [0.2, 0.25) is 0 Å². The van der Waals surface area contributed by atoms with E-state index in [0.29, 0.717) is 21.9 Å². The molecule has 148 valence electrons. The van der Waals surface area contributed by atoms with Crippen LogP contribution in [0.2, 0.25) is 0 Å². The van der Waals surface area contributed by atoms with E-state index in [2.05, 4.69) is 10.3 Å². The fourth-order valence-corrected chi connectivity index (χ4v) is 3.36. The molecule has 2 fully saturated rings. The summed E-state index contributed by atoms with van der Waals surface area (Å²) < 4.78 is 77.7. The van der Waals surface area contributed by atoms with Crippen molar-refractivity contribution in [3.05, 3.63) is 23.9 Å².